The summed E-state index contributed by atoms with van der Waals surface area (Å²) in [5.74, 6) is 0. The molecular formula is C8H8N2O5S. The molecule has 1 rings (SSSR count). The van der Waals surface area contributed by atoms with Gasteiger partial charge in [-0.15, -0.1) is 0 Å². The Morgan fingerprint density at radius 2 is 2.00 bits per heavy atom. The van der Waals surface area contributed by atoms with Crippen LogP contribution in [0.15, 0.2) is 17.0 Å². The van der Waals surface area contributed by atoms with E-state index in [0.29, 0.717) is 0 Å². The van der Waals surface area contributed by atoms with E-state index in [4.69, 9.17) is 5.14 Å². The van der Waals surface area contributed by atoms with Gasteiger partial charge in [0.2, 0.25) is 10.0 Å². The van der Waals surface area contributed by atoms with Gasteiger partial charge in [0.1, 0.15) is 0 Å². The maximum atomic E-state index is 11.1. The first-order chi connectivity index (χ1) is 7.27. The number of aryl methyl sites for hydroxylation is 1. The Morgan fingerprint density at radius 3 is 2.38 bits per heavy atom. The standard InChI is InChI=1S/C8H8N2O5S/c1-5-2-6(4-11)7(10(12)13)3-8(5)16(9,14)15/h2-4H,1H3,(H2,9,14,15). The summed E-state index contributed by atoms with van der Waals surface area (Å²) in [4.78, 5) is 19.9. The van der Waals surface area contributed by atoms with Gasteiger partial charge >= 0.3 is 0 Å². The zero-order valence-corrected chi connectivity index (χ0v) is 9.02. The Morgan fingerprint density at radius 1 is 1.44 bits per heavy atom. The van der Waals surface area contributed by atoms with Crippen molar-refractivity contribution in [1.29, 1.82) is 0 Å². The molecule has 0 bridgehead atoms. The number of sulfonamides is 1. The second-order valence-corrected chi connectivity index (χ2v) is 4.63. The molecule has 0 atom stereocenters. The van der Waals surface area contributed by atoms with Crippen molar-refractivity contribution in [2.24, 2.45) is 5.14 Å². The molecular weight excluding hydrogens is 236 g/mol. The van der Waals surface area contributed by atoms with Crippen LogP contribution in [0, 0.1) is 17.0 Å². The van der Waals surface area contributed by atoms with Crippen molar-refractivity contribution in [2.45, 2.75) is 11.8 Å². The van der Waals surface area contributed by atoms with Crippen molar-refractivity contribution < 1.29 is 18.1 Å². The highest BCUT2D eigenvalue weighted by molar-refractivity contribution is 7.89. The summed E-state index contributed by atoms with van der Waals surface area (Å²) in [6, 6.07) is 1.90. The average Bonchev–Trinajstić information content (AvgIpc) is 2.14. The number of nitro benzene ring substituents is 1. The minimum Gasteiger partial charge on any atom is -0.298 e. The fraction of sp³-hybridized carbons (Fsp3) is 0.125. The second-order valence-electron chi connectivity index (χ2n) is 3.10. The Hall–Kier alpha value is -1.80. The van der Waals surface area contributed by atoms with E-state index in [1.165, 1.54) is 6.92 Å². The highest BCUT2D eigenvalue weighted by Crippen LogP contribution is 2.24. The predicted molar refractivity (Wildman–Crippen MR) is 54.6 cm³/mol. The number of aldehydes is 1. The zero-order chi connectivity index (χ0) is 12.5. The van der Waals surface area contributed by atoms with Crippen LogP contribution in [0.4, 0.5) is 5.69 Å². The highest BCUT2D eigenvalue weighted by Gasteiger charge is 2.21. The summed E-state index contributed by atoms with van der Waals surface area (Å²) in [6.07, 6.45) is 0.290. The lowest BCUT2D eigenvalue weighted by atomic mass is 10.1. The van der Waals surface area contributed by atoms with Crippen molar-refractivity contribution in [3.8, 4) is 0 Å². The van der Waals surface area contributed by atoms with Gasteiger partial charge in [0, 0.05) is 6.07 Å². The van der Waals surface area contributed by atoms with Crippen LogP contribution in [-0.4, -0.2) is 19.6 Å². The van der Waals surface area contributed by atoms with Crippen molar-refractivity contribution in [2.75, 3.05) is 0 Å². The van der Waals surface area contributed by atoms with Gasteiger partial charge in [-0.05, 0) is 18.6 Å². The molecule has 86 valence electrons. The quantitative estimate of drug-likeness (QED) is 0.467. The minimum absolute atomic E-state index is 0.185. The van der Waals surface area contributed by atoms with E-state index in [1.807, 2.05) is 0 Å². The van der Waals surface area contributed by atoms with Crippen molar-refractivity contribution in [3.05, 3.63) is 33.4 Å². The predicted octanol–water partition coefficient (Wildman–Crippen LogP) is 0.363. The average molecular weight is 244 g/mol. The Labute approximate surface area is 91.1 Å². The number of rotatable bonds is 3. The van der Waals surface area contributed by atoms with Crippen LogP contribution < -0.4 is 5.14 Å². The summed E-state index contributed by atoms with van der Waals surface area (Å²) in [6.45, 7) is 1.40. The lowest BCUT2D eigenvalue weighted by Crippen LogP contribution is -2.14. The van der Waals surface area contributed by atoms with Crippen LogP contribution in [0.2, 0.25) is 0 Å². The fourth-order valence-corrected chi connectivity index (χ4v) is 2.04. The molecule has 2 N–H and O–H groups in total. The van der Waals surface area contributed by atoms with Crippen LogP contribution in [0.1, 0.15) is 15.9 Å². The number of benzene rings is 1. The van der Waals surface area contributed by atoms with E-state index in [0.717, 1.165) is 12.1 Å². The molecule has 0 heterocycles. The number of primary sulfonamides is 1. The molecule has 1 aromatic rings. The maximum absolute atomic E-state index is 11.1. The first-order valence-corrected chi connectivity index (χ1v) is 5.59. The molecule has 0 aliphatic carbocycles. The summed E-state index contributed by atoms with van der Waals surface area (Å²) in [5, 5.41) is 15.5. The molecule has 0 saturated heterocycles. The molecule has 8 heteroatoms. The number of carbonyl (C=O) groups excluding carboxylic acids is 1. The Bertz CT molecular complexity index is 564. The largest absolute Gasteiger partial charge is 0.298 e. The van der Waals surface area contributed by atoms with Crippen LogP contribution >= 0.6 is 0 Å². The van der Waals surface area contributed by atoms with Gasteiger partial charge in [0.05, 0.1) is 15.4 Å². The number of hydrogen-bond acceptors (Lipinski definition) is 5. The van der Waals surface area contributed by atoms with Gasteiger partial charge in [0.15, 0.2) is 6.29 Å². The highest BCUT2D eigenvalue weighted by atomic mass is 32.2. The third-order valence-electron chi connectivity index (χ3n) is 1.95. The third kappa shape index (κ3) is 2.23. The number of nitrogens with two attached hydrogens (primary N) is 1. The summed E-state index contributed by atoms with van der Waals surface area (Å²) < 4.78 is 22.2. The maximum Gasteiger partial charge on any atom is 0.281 e. The smallest absolute Gasteiger partial charge is 0.281 e. The lowest BCUT2D eigenvalue weighted by molar-refractivity contribution is -0.385. The molecule has 0 spiro atoms. The first kappa shape index (κ1) is 12.3. The minimum atomic E-state index is -4.03. The molecule has 0 aromatic heterocycles. The molecule has 7 nitrogen and oxygen atoms in total. The molecule has 0 radical (unpaired) electrons. The number of carbonyl (C=O) groups is 1. The van der Waals surface area contributed by atoms with Crippen molar-refractivity contribution >= 4 is 22.0 Å². The van der Waals surface area contributed by atoms with E-state index in [2.05, 4.69) is 0 Å². The molecule has 0 unspecified atom stereocenters. The summed E-state index contributed by atoms with van der Waals surface area (Å²) >= 11 is 0. The number of nitrogens with zero attached hydrogens (tertiary/aromatic N) is 1. The molecule has 0 amide bonds. The summed E-state index contributed by atoms with van der Waals surface area (Å²) in [7, 11) is -4.03. The van der Waals surface area contributed by atoms with Crippen LogP contribution in [0.3, 0.4) is 0 Å². The zero-order valence-electron chi connectivity index (χ0n) is 8.21. The lowest BCUT2D eigenvalue weighted by Gasteiger charge is -2.04. The third-order valence-corrected chi connectivity index (χ3v) is 3.01. The van der Waals surface area contributed by atoms with Crippen molar-refractivity contribution in [1.82, 2.24) is 0 Å². The van der Waals surface area contributed by atoms with Gasteiger partial charge in [-0.25, -0.2) is 13.6 Å². The monoisotopic (exact) mass is 244 g/mol. The molecule has 1 aromatic carbocycles. The van der Waals surface area contributed by atoms with Gasteiger partial charge in [0.25, 0.3) is 5.69 Å². The fourth-order valence-electron chi connectivity index (χ4n) is 1.26. The van der Waals surface area contributed by atoms with E-state index < -0.39 is 20.6 Å². The Balaban J connectivity index is 3.64. The van der Waals surface area contributed by atoms with Crippen LogP contribution in [0.25, 0.3) is 0 Å². The topological polar surface area (TPSA) is 120 Å². The van der Waals surface area contributed by atoms with Gasteiger partial charge in [-0.3, -0.25) is 14.9 Å². The normalized spacial score (nSPS) is 11.1. The van der Waals surface area contributed by atoms with Gasteiger partial charge in [-0.1, -0.05) is 0 Å². The van der Waals surface area contributed by atoms with Crippen LogP contribution in [-0.2, 0) is 10.0 Å². The van der Waals surface area contributed by atoms with E-state index >= 15 is 0 Å². The summed E-state index contributed by atoms with van der Waals surface area (Å²) in [5.41, 5.74) is -0.574. The molecule has 0 fully saturated rings. The Kier molecular flexibility index (Phi) is 3.06. The molecule has 16 heavy (non-hydrogen) atoms. The van der Waals surface area contributed by atoms with Gasteiger partial charge < -0.3 is 0 Å². The first-order valence-electron chi connectivity index (χ1n) is 4.04. The van der Waals surface area contributed by atoms with E-state index in [-0.39, 0.29) is 22.3 Å². The second kappa shape index (κ2) is 3.99. The number of hydrogen-bond donors (Lipinski definition) is 1. The van der Waals surface area contributed by atoms with E-state index in [1.54, 1.807) is 0 Å². The molecule has 0 aliphatic heterocycles. The van der Waals surface area contributed by atoms with Crippen molar-refractivity contribution in [3.63, 3.8) is 0 Å². The van der Waals surface area contributed by atoms with E-state index in [9.17, 15) is 23.3 Å². The SMILES string of the molecule is Cc1cc(C=O)c([N+](=O)[O-])cc1S(N)(=O)=O. The number of nitro groups is 1. The molecule has 0 saturated carbocycles. The molecule has 0 aliphatic rings. The van der Waals surface area contributed by atoms with Crippen LogP contribution in [0.5, 0.6) is 0 Å². The van der Waals surface area contributed by atoms with Gasteiger partial charge in [-0.2, -0.15) is 0 Å².